The third-order valence-electron chi connectivity index (χ3n) is 2.16. The molecule has 2 rings (SSSR count). The van der Waals surface area contributed by atoms with E-state index in [1.54, 1.807) is 12.1 Å². The summed E-state index contributed by atoms with van der Waals surface area (Å²) < 4.78 is 0. The average molecular weight is 331 g/mol. The second kappa shape index (κ2) is 8.22. The maximum Gasteiger partial charge on any atom is 2.00 e. The zero-order valence-electron chi connectivity index (χ0n) is 10.5. The van der Waals surface area contributed by atoms with Gasteiger partial charge in [0.1, 0.15) is 10.1 Å². The van der Waals surface area contributed by atoms with E-state index in [2.05, 4.69) is 9.97 Å². The van der Waals surface area contributed by atoms with Crippen molar-refractivity contribution in [3.05, 3.63) is 47.8 Å². The van der Waals surface area contributed by atoms with Crippen LogP contribution in [-0.4, -0.2) is 45.0 Å². The molecular weight excluding hydrogens is 325 g/mol. The van der Waals surface area contributed by atoms with Crippen molar-refractivity contribution < 1.29 is 19.8 Å². The topological polar surface area (TPSA) is 106 Å². The molecule has 9 heteroatoms. The van der Waals surface area contributed by atoms with Crippen LogP contribution in [0.2, 0.25) is 0 Å². The molecule has 2 aromatic heterocycles. The molecule has 2 heterocycles. The molecule has 0 fully saturated rings. The minimum Gasteiger partial charge on any atom is -0.545 e. The van der Waals surface area contributed by atoms with E-state index in [9.17, 15) is 19.8 Å². The van der Waals surface area contributed by atoms with Gasteiger partial charge in [0.15, 0.2) is 0 Å². The third kappa shape index (κ3) is 5.19. The van der Waals surface area contributed by atoms with Gasteiger partial charge in [0.2, 0.25) is 0 Å². The van der Waals surface area contributed by atoms with Gasteiger partial charge >= 0.3 is 23.1 Å². The minimum absolute atomic E-state index is 0. The molecular formula is C12H6MgN2O4S2. The summed E-state index contributed by atoms with van der Waals surface area (Å²) >= 11 is 0. The predicted molar refractivity (Wildman–Crippen MR) is 74.6 cm³/mol. The van der Waals surface area contributed by atoms with Gasteiger partial charge in [-0.3, -0.25) is 0 Å². The third-order valence-corrected chi connectivity index (χ3v) is 4.34. The molecule has 0 bridgehead atoms. The number of carbonyl (C=O) groups is 2. The van der Waals surface area contributed by atoms with E-state index >= 15 is 0 Å². The molecule has 6 nitrogen and oxygen atoms in total. The number of carboxylic acids is 2. The summed E-state index contributed by atoms with van der Waals surface area (Å²) in [5.74, 6) is -2.55. The molecule has 0 atom stereocenters. The molecule has 0 aliphatic rings. The van der Waals surface area contributed by atoms with Crippen molar-refractivity contribution in [3.8, 4) is 0 Å². The number of aromatic nitrogens is 2. The standard InChI is InChI=1S/C12H8N2O4S2.Mg/c15-11(16)7-1-3-9(13-5-7)19-20-10-4-2-8(6-14-10)12(17)18;/h1-6H,(H,15,16)(H,17,18);/q;+2/p-2. The normalized spacial score (nSPS) is 9.71. The van der Waals surface area contributed by atoms with Crippen LogP contribution in [0.5, 0.6) is 0 Å². The molecule has 0 unspecified atom stereocenters. The molecule has 0 spiro atoms. The van der Waals surface area contributed by atoms with Crippen LogP contribution in [0.15, 0.2) is 46.7 Å². The first kappa shape index (κ1) is 17.8. The fraction of sp³-hybridized carbons (Fsp3) is 0. The van der Waals surface area contributed by atoms with Gasteiger partial charge < -0.3 is 19.8 Å². The molecule has 0 aromatic carbocycles. The first-order chi connectivity index (χ1) is 9.56. The summed E-state index contributed by atoms with van der Waals surface area (Å²) in [5, 5.41) is 22.3. The minimum atomic E-state index is -1.28. The van der Waals surface area contributed by atoms with E-state index in [0.29, 0.717) is 10.1 Å². The monoisotopic (exact) mass is 330 g/mol. The van der Waals surface area contributed by atoms with Crippen molar-refractivity contribution in [2.24, 2.45) is 0 Å². The van der Waals surface area contributed by atoms with Crippen LogP contribution in [0.4, 0.5) is 0 Å². The summed E-state index contributed by atoms with van der Waals surface area (Å²) in [4.78, 5) is 29.0. The van der Waals surface area contributed by atoms with E-state index in [1.165, 1.54) is 46.1 Å². The Labute approximate surface area is 143 Å². The number of aromatic carboxylic acids is 2. The maximum absolute atomic E-state index is 10.6. The second-order valence-corrected chi connectivity index (χ2v) is 5.68. The Morgan fingerprint density at radius 2 is 1.19 bits per heavy atom. The van der Waals surface area contributed by atoms with Crippen LogP contribution in [0.25, 0.3) is 0 Å². The predicted octanol–water partition coefficient (Wildman–Crippen LogP) is -0.378. The number of pyridine rings is 2. The van der Waals surface area contributed by atoms with Crippen LogP contribution < -0.4 is 10.2 Å². The molecule has 0 saturated heterocycles. The molecule has 0 saturated carbocycles. The Hall–Kier alpha value is -1.29. The van der Waals surface area contributed by atoms with E-state index in [0.717, 1.165) is 0 Å². The Bertz CT molecular complexity index is 577. The quantitative estimate of drug-likeness (QED) is 0.539. The van der Waals surface area contributed by atoms with E-state index in [4.69, 9.17) is 0 Å². The Balaban J connectivity index is 0.00000220. The summed E-state index contributed by atoms with van der Waals surface area (Å²) in [6.07, 6.45) is 2.43. The van der Waals surface area contributed by atoms with Gasteiger partial charge in [-0.1, -0.05) is 0 Å². The number of carboxylic acid groups (broad SMARTS) is 2. The van der Waals surface area contributed by atoms with Crippen molar-refractivity contribution in [1.82, 2.24) is 9.97 Å². The van der Waals surface area contributed by atoms with Gasteiger partial charge in [-0.2, -0.15) is 0 Å². The maximum atomic E-state index is 10.6. The second-order valence-electron chi connectivity index (χ2n) is 3.51. The van der Waals surface area contributed by atoms with Crippen LogP contribution in [0.1, 0.15) is 20.7 Å². The molecule has 0 aliphatic heterocycles. The van der Waals surface area contributed by atoms with E-state index in [1.807, 2.05) is 0 Å². The van der Waals surface area contributed by atoms with Gasteiger partial charge in [-0.05, 0) is 45.9 Å². The largest absolute Gasteiger partial charge is 2.00 e. The van der Waals surface area contributed by atoms with Crippen molar-refractivity contribution >= 4 is 56.6 Å². The molecule has 0 radical (unpaired) electrons. The molecule has 2 aromatic rings. The number of carbonyl (C=O) groups excluding carboxylic acids is 2. The Morgan fingerprint density at radius 3 is 1.43 bits per heavy atom. The smallest absolute Gasteiger partial charge is 0.545 e. The van der Waals surface area contributed by atoms with Crippen LogP contribution in [0, 0.1) is 0 Å². The average Bonchev–Trinajstić information content (AvgIpc) is 2.46. The molecule has 0 N–H and O–H groups in total. The van der Waals surface area contributed by atoms with Gasteiger partial charge in [0.05, 0.1) is 11.9 Å². The van der Waals surface area contributed by atoms with Crippen molar-refractivity contribution in [3.63, 3.8) is 0 Å². The summed E-state index contributed by atoms with van der Waals surface area (Å²) in [7, 11) is 2.55. The summed E-state index contributed by atoms with van der Waals surface area (Å²) in [6.45, 7) is 0. The van der Waals surface area contributed by atoms with E-state index < -0.39 is 11.9 Å². The molecule has 0 amide bonds. The van der Waals surface area contributed by atoms with Crippen molar-refractivity contribution in [1.29, 1.82) is 0 Å². The number of nitrogens with zero attached hydrogens (tertiary/aromatic N) is 2. The first-order valence-electron chi connectivity index (χ1n) is 5.25. The Kier molecular flexibility index (Phi) is 6.95. The van der Waals surface area contributed by atoms with Crippen LogP contribution in [0.3, 0.4) is 0 Å². The fourth-order valence-electron chi connectivity index (χ4n) is 1.19. The summed E-state index contributed by atoms with van der Waals surface area (Å²) in [5.41, 5.74) is 0.0200. The van der Waals surface area contributed by atoms with Crippen LogP contribution >= 0.6 is 21.6 Å². The number of hydrogen-bond acceptors (Lipinski definition) is 8. The number of rotatable bonds is 5. The summed E-state index contributed by atoms with van der Waals surface area (Å²) in [6, 6.07) is 5.91. The van der Waals surface area contributed by atoms with E-state index in [-0.39, 0.29) is 34.2 Å². The molecule has 0 aliphatic carbocycles. The van der Waals surface area contributed by atoms with Gasteiger partial charge in [0.25, 0.3) is 0 Å². The van der Waals surface area contributed by atoms with Gasteiger partial charge in [0, 0.05) is 23.5 Å². The molecule has 102 valence electrons. The van der Waals surface area contributed by atoms with Gasteiger partial charge in [-0.25, -0.2) is 9.97 Å². The van der Waals surface area contributed by atoms with Crippen LogP contribution in [-0.2, 0) is 0 Å². The number of hydrogen-bond donors (Lipinski definition) is 0. The first-order valence-corrected chi connectivity index (χ1v) is 7.40. The Morgan fingerprint density at radius 1 is 0.810 bits per heavy atom. The van der Waals surface area contributed by atoms with Gasteiger partial charge in [-0.15, -0.1) is 0 Å². The molecule has 21 heavy (non-hydrogen) atoms. The zero-order chi connectivity index (χ0) is 14.5. The van der Waals surface area contributed by atoms with Crippen molar-refractivity contribution in [2.45, 2.75) is 10.1 Å². The van der Waals surface area contributed by atoms with Crippen molar-refractivity contribution in [2.75, 3.05) is 0 Å². The zero-order valence-corrected chi connectivity index (χ0v) is 13.6. The fourth-order valence-corrected chi connectivity index (χ4v) is 2.90. The SMILES string of the molecule is O=C([O-])c1ccc(SSc2ccc(C(=O)[O-])cn2)nc1.[Mg+2].